The maximum absolute atomic E-state index is 13.1. The number of rotatable bonds is 6. The monoisotopic (exact) mass is 393 g/mol. The summed E-state index contributed by atoms with van der Waals surface area (Å²) in [5.41, 5.74) is 0.469. The summed E-state index contributed by atoms with van der Waals surface area (Å²) in [6, 6.07) is -0.201. The standard InChI is InChI=1S/C18H27N5O3S/c1-11(2)23-15(24)14-12(3)13(10-21-7-6-20-17(21)19-4)27-16(14)22(18(23)25)8-9-26-5/h11H,6-10H2,1-5H3,(H,19,20). The fourth-order valence-corrected chi connectivity index (χ4v) is 4.80. The summed E-state index contributed by atoms with van der Waals surface area (Å²) in [6.07, 6.45) is 0. The zero-order chi connectivity index (χ0) is 19.7. The molecule has 9 heteroatoms. The van der Waals surface area contributed by atoms with E-state index in [0.29, 0.717) is 25.1 Å². The molecule has 1 saturated heterocycles. The summed E-state index contributed by atoms with van der Waals surface area (Å²) in [4.78, 5) is 34.3. The van der Waals surface area contributed by atoms with Gasteiger partial charge < -0.3 is 15.0 Å². The zero-order valence-electron chi connectivity index (χ0n) is 16.5. The van der Waals surface area contributed by atoms with E-state index in [-0.39, 0.29) is 17.3 Å². The van der Waals surface area contributed by atoms with Crippen molar-refractivity contribution in [3.8, 4) is 0 Å². The Hall–Kier alpha value is -2.13. The number of fused-ring (bicyclic) bond motifs is 1. The molecule has 1 fully saturated rings. The third kappa shape index (κ3) is 3.41. The number of nitrogens with one attached hydrogen (secondary N) is 1. The van der Waals surface area contributed by atoms with Gasteiger partial charge in [0.05, 0.1) is 25.1 Å². The van der Waals surface area contributed by atoms with Crippen molar-refractivity contribution in [3.63, 3.8) is 0 Å². The van der Waals surface area contributed by atoms with E-state index in [9.17, 15) is 9.59 Å². The van der Waals surface area contributed by atoms with E-state index in [1.165, 1.54) is 15.9 Å². The number of guanidine groups is 1. The molecule has 0 atom stereocenters. The summed E-state index contributed by atoms with van der Waals surface area (Å²) in [7, 11) is 3.37. The molecule has 1 N–H and O–H groups in total. The van der Waals surface area contributed by atoms with Crippen LogP contribution in [0.4, 0.5) is 0 Å². The summed E-state index contributed by atoms with van der Waals surface area (Å²) >= 11 is 1.52. The minimum atomic E-state index is -0.272. The third-order valence-electron chi connectivity index (χ3n) is 4.89. The van der Waals surface area contributed by atoms with Gasteiger partial charge in [-0.2, -0.15) is 0 Å². The second-order valence-electron chi connectivity index (χ2n) is 6.92. The maximum atomic E-state index is 13.1. The first-order valence-electron chi connectivity index (χ1n) is 9.12. The first kappa shape index (κ1) is 19.6. The quantitative estimate of drug-likeness (QED) is 0.796. The predicted molar refractivity (Wildman–Crippen MR) is 109 cm³/mol. The van der Waals surface area contributed by atoms with Gasteiger partial charge in [0.25, 0.3) is 5.56 Å². The average Bonchev–Trinajstić information content (AvgIpc) is 3.19. The molecular weight excluding hydrogens is 366 g/mol. The number of nitrogens with zero attached hydrogens (tertiary/aromatic N) is 4. The van der Waals surface area contributed by atoms with Crippen LogP contribution < -0.4 is 16.6 Å². The van der Waals surface area contributed by atoms with Gasteiger partial charge in [-0.15, -0.1) is 11.3 Å². The lowest BCUT2D eigenvalue weighted by Crippen LogP contribution is -2.41. The molecule has 1 aliphatic heterocycles. The predicted octanol–water partition coefficient (Wildman–Crippen LogP) is 1.15. The van der Waals surface area contributed by atoms with Gasteiger partial charge in [-0.3, -0.25) is 18.9 Å². The van der Waals surface area contributed by atoms with Gasteiger partial charge >= 0.3 is 5.69 Å². The van der Waals surface area contributed by atoms with E-state index < -0.39 is 0 Å². The van der Waals surface area contributed by atoms with E-state index in [4.69, 9.17) is 4.74 Å². The number of hydrogen-bond donors (Lipinski definition) is 1. The highest BCUT2D eigenvalue weighted by Crippen LogP contribution is 2.29. The van der Waals surface area contributed by atoms with Crippen molar-refractivity contribution in [1.29, 1.82) is 0 Å². The fourth-order valence-electron chi connectivity index (χ4n) is 3.46. The van der Waals surface area contributed by atoms with Gasteiger partial charge in [0.15, 0.2) is 5.96 Å². The largest absolute Gasteiger partial charge is 0.383 e. The second-order valence-corrected chi connectivity index (χ2v) is 8.01. The lowest BCUT2D eigenvalue weighted by molar-refractivity contribution is 0.186. The Morgan fingerprint density at radius 3 is 2.70 bits per heavy atom. The molecule has 27 heavy (non-hydrogen) atoms. The van der Waals surface area contributed by atoms with Crippen LogP contribution in [0.1, 0.15) is 30.3 Å². The Balaban J connectivity index is 2.19. The molecule has 0 aliphatic carbocycles. The molecule has 1 aliphatic rings. The molecule has 3 heterocycles. The number of methoxy groups -OCH3 is 1. The van der Waals surface area contributed by atoms with Crippen molar-refractivity contribution in [2.75, 3.05) is 33.9 Å². The SMILES string of the molecule is C/N=C1\NCCN1Cc1sc2c(c1C)c(=O)n(C(C)C)c(=O)n2CCOC. The number of ether oxygens (including phenoxy) is 1. The third-order valence-corrected chi connectivity index (χ3v) is 6.19. The van der Waals surface area contributed by atoms with Gasteiger partial charge in [-0.05, 0) is 26.3 Å². The summed E-state index contributed by atoms with van der Waals surface area (Å²) in [5, 5.41) is 3.90. The van der Waals surface area contributed by atoms with Crippen molar-refractivity contribution < 1.29 is 4.74 Å². The van der Waals surface area contributed by atoms with E-state index in [2.05, 4.69) is 15.2 Å². The first-order valence-corrected chi connectivity index (χ1v) is 9.94. The van der Waals surface area contributed by atoms with Crippen LogP contribution in [0.25, 0.3) is 10.2 Å². The van der Waals surface area contributed by atoms with E-state index in [0.717, 1.165) is 34.3 Å². The maximum Gasteiger partial charge on any atom is 0.332 e. The van der Waals surface area contributed by atoms with Crippen LogP contribution in [0.5, 0.6) is 0 Å². The molecule has 0 amide bonds. The topological polar surface area (TPSA) is 80.9 Å². The Labute approximate surface area is 162 Å². The number of hydrogen-bond acceptors (Lipinski definition) is 5. The summed E-state index contributed by atoms with van der Waals surface area (Å²) in [6.45, 7) is 8.92. The van der Waals surface area contributed by atoms with Crippen LogP contribution in [0.3, 0.4) is 0 Å². The molecule has 3 rings (SSSR count). The van der Waals surface area contributed by atoms with E-state index in [1.54, 1.807) is 18.7 Å². The fraction of sp³-hybridized carbons (Fsp3) is 0.611. The van der Waals surface area contributed by atoms with Gasteiger partial charge in [0.2, 0.25) is 0 Å². The van der Waals surface area contributed by atoms with Crippen molar-refractivity contribution in [1.82, 2.24) is 19.4 Å². The molecule has 148 valence electrons. The van der Waals surface area contributed by atoms with Crippen LogP contribution in [-0.4, -0.2) is 53.8 Å². The van der Waals surface area contributed by atoms with Crippen LogP contribution in [0, 0.1) is 6.92 Å². The van der Waals surface area contributed by atoms with Crippen molar-refractivity contribution in [3.05, 3.63) is 31.3 Å². The molecule has 0 saturated carbocycles. The normalized spacial score (nSPS) is 16.1. The van der Waals surface area contributed by atoms with E-state index in [1.807, 2.05) is 20.8 Å². The Morgan fingerprint density at radius 2 is 2.07 bits per heavy atom. The van der Waals surface area contributed by atoms with Crippen LogP contribution in [0.15, 0.2) is 14.6 Å². The van der Waals surface area contributed by atoms with E-state index >= 15 is 0 Å². The van der Waals surface area contributed by atoms with Gasteiger partial charge in [0, 0.05) is 38.2 Å². The lowest BCUT2D eigenvalue weighted by Gasteiger charge is -2.16. The Kier molecular flexibility index (Phi) is 5.71. The molecule has 0 spiro atoms. The smallest absolute Gasteiger partial charge is 0.332 e. The Bertz CT molecular complexity index is 986. The second kappa shape index (κ2) is 7.85. The zero-order valence-corrected chi connectivity index (χ0v) is 17.4. The highest BCUT2D eigenvalue weighted by Gasteiger charge is 2.24. The number of thiophene rings is 1. The van der Waals surface area contributed by atoms with Crippen molar-refractivity contribution >= 4 is 27.5 Å². The average molecular weight is 394 g/mol. The van der Waals surface area contributed by atoms with Crippen molar-refractivity contribution in [2.45, 2.75) is 39.9 Å². The molecule has 2 aromatic heterocycles. The summed E-state index contributed by atoms with van der Waals surface area (Å²) in [5.74, 6) is 0.864. The summed E-state index contributed by atoms with van der Waals surface area (Å²) < 4.78 is 8.20. The van der Waals surface area contributed by atoms with Crippen LogP contribution in [-0.2, 0) is 17.8 Å². The number of aromatic nitrogens is 2. The molecule has 0 bridgehead atoms. The highest BCUT2D eigenvalue weighted by molar-refractivity contribution is 7.18. The van der Waals surface area contributed by atoms with Gasteiger partial charge in [0.1, 0.15) is 4.83 Å². The number of aryl methyl sites for hydroxylation is 1. The first-order chi connectivity index (χ1) is 12.9. The van der Waals surface area contributed by atoms with Crippen LogP contribution in [0.2, 0.25) is 0 Å². The van der Waals surface area contributed by atoms with Gasteiger partial charge in [-0.1, -0.05) is 0 Å². The molecular formula is C18H27N5O3S. The Morgan fingerprint density at radius 1 is 1.33 bits per heavy atom. The van der Waals surface area contributed by atoms with Gasteiger partial charge in [-0.25, -0.2) is 4.79 Å². The number of aliphatic imine (C=N–C) groups is 1. The molecule has 0 aromatic carbocycles. The molecule has 2 aromatic rings. The molecule has 0 unspecified atom stereocenters. The molecule has 0 radical (unpaired) electrons. The minimum absolute atomic E-state index is 0.201. The lowest BCUT2D eigenvalue weighted by atomic mass is 10.2. The van der Waals surface area contributed by atoms with Crippen molar-refractivity contribution in [2.24, 2.45) is 4.99 Å². The minimum Gasteiger partial charge on any atom is -0.383 e. The molecule has 8 nitrogen and oxygen atoms in total. The van der Waals surface area contributed by atoms with Crippen LogP contribution >= 0.6 is 11.3 Å². The highest BCUT2D eigenvalue weighted by atomic mass is 32.1.